The van der Waals surface area contributed by atoms with Crippen molar-refractivity contribution in [3.8, 4) is 0 Å². The highest BCUT2D eigenvalue weighted by Gasteiger charge is 2.35. The minimum atomic E-state index is -2.98. The molecule has 0 N–H and O–H groups in total. The van der Waals surface area contributed by atoms with Gasteiger partial charge in [-0.3, -0.25) is 14.6 Å². The van der Waals surface area contributed by atoms with E-state index in [1.165, 1.54) is 6.42 Å². The van der Waals surface area contributed by atoms with E-state index in [0.717, 1.165) is 38.3 Å². The zero-order valence-corrected chi connectivity index (χ0v) is 17.9. The van der Waals surface area contributed by atoms with Crippen molar-refractivity contribution in [3.05, 3.63) is 35.9 Å². The van der Waals surface area contributed by atoms with Crippen LogP contribution in [-0.2, 0) is 14.6 Å². The van der Waals surface area contributed by atoms with E-state index in [4.69, 9.17) is 0 Å². The maximum absolute atomic E-state index is 13.4. The van der Waals surface area contributed by atoms with Crippen LogP contribution in [0.5, 0.6) is 0 Å². The minimum absolute atomic E-state index is 0.106. The van der Waals surface area contributed by atoms with E-state index in [2.05, 4.69) is 18.7 Å². The Morgan fingerprint density at radius 1 is 0.964 bits per heavy atom. The van der Waals surface area contributed by atoms with Crippen molar-refractivity contribution in [2.45, 2.75) is 26.3 Å². The highest BCUT2D eigenvalue weighted by atomic mass is 32.2. The van der Waals surface area contributed by atoms with E-state index in [0.29, 0.717) is 19.0 Å². The number of hydrogen-bond donors (Lipinski definition) is 0. The van der Waals surface area contributed by atoms with Crippen molar-refractivity contribution in [2.24, 2.45) is 5.92 Å². The summed E-state index contributed by atoms with van der Waals surface area (Å²) in [7, 11) is -2.98. The van der Waals surface area contributed by atoms with E-state index < -0.39 is 9.84 Å². The Hall–Kier alpha value is -1.44. The van der Waals surface area contributed by atoms with Crippen LogP contribution in [-0.4, -0.2) is 86.3 Å². The predicted octanol–water partition coefficient (Wildman–Crippen LogP) is 1.65. The quantitative estimate of drug-likeness (QED) is 0.718. The fraction of sp³-hybridized carbons (Fsp3) is 0.667. The Morgan fingerprint density at radius 3 is 2.14 bits per heavy atom. The highest BCUT2D eigenvalue weighted by Crippen LogP contribution is 2.26. The molecule has 2 aliphatic rings. The van der Waals surface area contributed by atoms with Crippen LogP contribution in [0.1, 0.15) is 31.9 Å². The number of hydrogen-bond acceptors (Lipinski definition) is 5. The lowest BCUT2D eigenvalue weighted by molar-refractivity contribution is -0.139. The van der Waals surface area contributed by atoms with Crippen LogP contribution in [0.4, 0.5) is 0 Å². The van der Waals surface area contributed by atoms with Crippen LogP contribution in [0.25, 0.3) is 0 Å². The average molecular weight is 408 g/mol. The standard InChI is InChI=1S/C21H33N3O3S/c1-18(2)8-9-22-10-12-24(13-11-22)21(25)20(19-6-4-3-5-7-19)23-14-16-28(26,27)17-15-23/h3-7,18,20H,8-17H2,1-2H3. The Morgan fingerprint density at radius 2 is 1.57 bits per heavy atom. The molecule has 0 bridgehead atoms. The summed E-state index contributed by atoms with van der Waals surface area (Å²) >= 11 is 0. The summed E-state index contributed by atoms with van der Waals surface area (Å²) in [5.41, 5.74) is 0.953. The fourth-order valence-corrected chi connectivity index (χ4v) is 5.16. The van der Waals surface area contributed by atoms with E-state index in [9.17, 15) is 13.2 Å². The molecule has 0 saturated carbocycles. The van der Waals surface area contributed by atoms with E-state index in [1.54, 1.807) is 0 Å². The second-order valence-electron chi connectivity index (χ2n) is 8.35. The SMILES string of the molecule is CC(C)CCN1CCN(C(=O)C(c2ccccc2)N2CCS(=O)(=O)CC2)CC1. The number of rotatable bonds is 6. The molecule has 0 aromatic heterocycles. The molecule has 2 aliphatic heterocycles. The molecular formula is C21H33N3O3S. The first kappa shape index (κ1) is 21.3. The van der Waals surface area contributed by atoms with Crippen LogP contribution >= 0.6 is 0 Å². The highest BCUT2D eigenvalue weighted by molar-refractivity contribution is 7.91. The lowest BCUT2D eigenvalue weighted by atomic mass is 10.0. The van der Waals surface area contributed by atoms with Crippen molar-refractivity contribution in [2.75, 3.05) is 57.3 Å². The number of amides is 1. The average Bonchev–Trinajstić information content (AvgIpc) is 2.69. The van der Waals surface area contributed by atoms with Gasteiger partial charge in [-0.2, -0.15) is 0 Å². The Kier molecular flexibility index (Phi) is 7.12. The Balaban J connectivity index is 1.68. The minimum Gasteiger partial charge on any atom is -0.338 e. The molecule has 1 aromatic rings. The predicted molar refractivity (Wildman–Crippen MR) is 112 cm³/mol. The maximum atomic E-state index is 13.4. The van der Waals surface area contributed by atoms with Gasteiger partial charge in [-0.25, -0.2) is 8.42 Å². The van der Waals surface area contributed by atoms with Crippen molar-refractivity contribution < 1.29 is 13.2 Å². The molecule has 156 valence electrons. The summed E-state index contributed by atoms with van der Waals surface area (Å²) in [6.45, 7) is 9.71. The number of sulfone groups is 1. The summed E-state index contributed by atoms with van der Waals surface area (Å²) in [5.74, 6) is 1.06. The molecule has 2 heterocycles. The third-order valence-corrected chi connectivity index (χ3v) is 7.41. The molecule has 1 aromatic carbocycles. The van der Waals surface area contributed by atoms with Crippen LogP contribution in [0.3, 0.4) is 0 Å². The Labute approximate surface area is 169 Å². The molecule has 1 unspecified atom stereocenters. The third kappa shape index (κ3) is 5.55. The Bertz CT molecular complexity index is 729. The van der Waals surface area contributed by atoms with Gasteiger partial charge in [-0.1, -0.05) is 44.2 Å². The summed E-state index contributed by atoms with van der Waals surface area (Å²) in [4.78, 5) is 19.9. The number of carbonyl (C=O) groups excluding carboxylic acids is 1. The van der Waals surface area contributed by atoms with Crippen molar-refractivity contribution >= 4 is 15.7 Å². The lowest BCUT2D eigenvalue weighted by Crippen LogP contribution is -2.54. The van der Waals surface area contributed by atoms with Gasteiger partial charge in [0, 0.05) is 39.3 Å². The van der Waals surface area contributed by atoms with E-state index in [-0.39, 0.29) is 23.5 Å². The van der Waals surface area contributed by atoms with Gasteiger partial charge in [0.05, 0.1) is 11.5 Å². The molecule has 0 spiro atoms. The second kappa shape index (κ2) is 9.37. The molecule has 6 nitrogen and oxygen atoms in total. The zero-order valence-electron chi connectivity index (χ0n) is 17.1. The monoisotopic (exact) mass is 407 g/mol. The normalized spacial score (nSPS) is 22.3. The first-order valence-corrected chi connectivity index (χ1v) is 12.2. The topological polar surface area (TPSA) is 60.9 Å². The van der Waals surface area contributed by atoms with Crippen LogP contribution in [0.15, 0.2) is 30.3 Å². The molecule has 0 aliphatic carbocycles. The smallest absolute Gasteiger partial charge is 0.244 e. The van der Waals surface area contributed by atoms with Gasteiger partial charge in [-0.15, -0.1) is 0 Å². The van der Waals surface area contributed by atoms with Gasteiger partial charge in [-0.05, 0) is 24.4 Å². The van der Waals surface area contributed by atoms with Gasteiger partial charge in [0.1, 0.15) is 6.04 Å². The van der Waals surface area contributed by atoms with Gasteiger partial charge in [0.15, 0.2) is 9.84 Å². The molecule has 28 heavy (non-hydrogen) atoms. The fourth-order valence-electron chi connectivity index (χ4n) is 3.94. The van der Waals surface area contributed by atoms with Crippen molar-refractivity contribution in [1.29, 1.82) is 0 Å². The van der Waals surface area contributed by atoms with Gasteiger partial charge < -0.3 is 4.90 Å². The zero-order chi connectivity index (χ0) is 20.1. The number of benzene rings is 1. The first-order valence-electron chi connectivity index (χ1n) is 10.4. The third-order valence-electron chi connectivity index (χ3n) is 5.80. The number of carbonyl (C=O) groups is 1. The second-order valence-corrected chi connectivity index (χ2v) is 10.7. The van der Waals surface area contributed by atoms with Crippen LogP contribution < -0.4 is 0 Å². The van der Waals surface area contributed by atoms with Crippen molar-refractivity contribution in [1.82, 2.24) is 14.7 Å². The number of nitrogens with zero attached hydrogens (tertiary/aromatic N) is 3. The van der Waals surface area contributed by atoms with Crippen molar-refractivity contribution in [3.63, 3.8) is 0 Å². The molecule has 1 amide bonds. The first-order chi connectivity index (χ1) is 13.4. The van der Waals surface area contributed by atoms with Crippen LogP contribution in [0, 0.1) is 5.92 Å². The summed E-state index contributed by atoms with van der Waals surface area (Å²) < 4.78 is 23.7. The van der Waals surface area contributed by atoms with Crippen LogP contribution in [0.2, 0.25) is 0 Å². The van der Waals surface area contributed by atoms with Gasteiger partial charge in [0.25, 0.3) is 0 Å². The van der Waals surface area contributed by atoms with Gasteiger partial charge >= 0.3 is 0 Å². The number of piperazine rings is 1. The molecule has 3 rings (SSSR count). The maximum Gasteiger partial charge on any atom is 0.244 e. The largest absolute Gasteiger partial charge is 0.338 e. The summed E-state index contributed by atoms with van der Waals surface area (Å²) in [5, 5.41) is 0. The molecular weight excluding hydrogens is 374 g/mol. The molecule has 0 radical (unpaired) electrons. The van der Waals surface area contributed by atoms with E-state index in [1.807, 2.05) is 40.1 Å². The van der Waals surface area contributed by atoms with Gasteiger partial charge in [0.2, 0.25) is 5.91 Å². The lowest BCUT2D eigenvalue weighted by Gasteiger charge is -2.40. The molecule has 2 fully saturated rings. The molecule has 1 atom stereocenters. The molecule has 7 heteroatoms. The summed E-state index contributed by atoms with van der Waals surface area (Å²) in [6, 6.07) is 9.40. The summed E-state index contributed by atoms with van der Waals surface area (Å²) in [6.07, 6.45) is 1.18. The van der Waals surface area contributed by atoms with E-state index >= 15 is 0 Å². The molecule has 2 saturated heterocycles.